The maximum atomic E-state index is 12.8. The molecule has 2 rings (SSSR count). The lowest BCUT2D eigenvalue weighted by Crippen LogP contribution is -2.26. The highest BCUT2D eigenvalue weighted by Crippen LogP contribution is 2.36. The summed E-state index contributed by atoms with van der Waals surface area (Å²) in [5.41, 5.74) is -5.55. The summed E-state index contributed by atoms with van der Waals surface area (Å²) in [5, 5.41) is 13.2. The van der Waals surface area contributed by atoms with Gasteiger partial charge in [-0.05, 0) is 19.1 Å². The van der Waals surface area contributed by atoms with Crippen molar-refractivity contribution < 1.29 is 31.3 Å². The normalized spacial score (nSPS) is 12.1. The Bertz CT molecular complexity index is 936. The van der Waals surface area contributed by atoms with Crippen molar-refractivity contribution in [3.05, 3.63) is 56.0 Å². The third-order valence-electron chi connectivity index (χ3n) is 3.38. The number of anilines is 2. The average molecular weight is 396 g/mol. The predicted octanol–water partition coefficient (Wildman–Crippen LogP) is 3.95. The highest BCUT2D eigenvalue weighted by Gasteiger charge is 2.35. The summed E-state index contributed by atoms with van der Waals surface area (Å²) in [5.74, 6) is -0.694. The van der Waals surface area contributed by atoms with Gasteiger partial charge in [-0.25, -0.2) is 4.98 Å². The lowest BCUT2D eigenvalue weighted by Gasteiger charge is -2.15. The number of halogens is 6. The summed E-state index contributed by atoms with van der Waals surface area (Å²) in [4.78, 5) is 25.0. The van der Waals surface area contributed by atoms with Crippen LogP contribution in [-0.4, -0.2) is 14.5 Å². The van der Waals surface area contributed by atoms with Crippen molar-refractivity contribution in [2.24, 2.45) is 0 Å². The molecule has 0 saturated heterocycles. The number of nitro groups is 1. The molecule has 0 atom stereocenters. The minimum atomic E-state index is -4.96. The smallest absolute Gasteiger partial charge is 0.320 e. The Hall–Kier alpha value is -3.12. The number of alkyl halides is 6. The SMILES string of the molecule is CCn1c(Nc2ccc(C(F)(F)F)cc2[N+](=O)[O-])nc(C(F)(F)F)cc1=O. The van der Waals surface area contributed by atoms with Gasteiger partial charge < -0.3 is 5.32 Å². The summed E-state index contributed by atoms with van der Waals surface area (Å²) in [6.45, 7) is 1.27. The fraction of sp³-hybridized carbons (Fsp3) is 0.286. The van der Waals surface area contributed by atoms with Crippen LogP contribution in [0.4, 0.5) is 43.7 Å². The Kier molecular flexibility index (Phi) is 5.15. The van der Waals surface area contributed by atoms with Crippen LogP contribution in [0.15, 0.2) is 29.1 Å². The Morgan fingerprint density at radius 1 is 1.15 bits per heavy atom. The van der Waals surface area contributed by atoms with Crippen LogP contribution in [0.1, 0.15) is 18.2 Å². The van der Waals surface area contributed by atoms with E-state index in [1.807, 2.05) is 0 Å². The maximum Gasteiger partial charge on any atom is 0.433 e. The van der Waals surface area contributed by atoms with Gasteiger partial charge in [-0.15, -0.1) is 0 Å². The van der Waals surface area contributed by atoms with Gasteiger partial charge >= 0.3 is 12.4 Å². The zero-order valence-corrected chi connectivity index (χ0v) is 13.4. The Morgan fingerprint density at radius 2 is 1.78 bits per heavy atom. The van der Waals surface area contributed by atoms with E-state index in [4.69, 9.17) is 0 Å². The molecule has 1 heterocycles. The molecule has 146 valence electrons. The van der Waals surface area contributed by atoms with E-state index in [-0.39, 0.29) is 18.7 Å². The van der Waals surface area contributed by atoms with Crippen LogP contribution in [0, 0.1) is 10.1 Å². The lowest BCUT2D eigenvalue weighted by atomic mass is 10.1. The van der Waals surface area contributed by atoms with E-state index in [1.165, 1.54) is 6.92 Å². The van der Waals surface area contributed by atoms with Gasteiger partial charge in [-0.1, -0.05) is 0 Å². The fourth-order valence-electron chi connectivity index (χ4n) is 2.14. The first kappa shape index (κ1) is 20.2. The number of nitrogens with zero attached hydrogens (tertiary/aromatic N) is 3. The molecule has 0 bridgehead atoms. The summed E-state index contributed by atoms with van der Waals surface area (Å²) in [6, 6.07) is 1.66. The Balaban J connectivity index is 2.61. The van der Waals surface area contributed by atoms with Crippen LogP contribution >= 0.6 is 0 Å². The fourth-order valence-corrected chi connectivity index (χ4v) is 2.14. The lowest BCUT2D eigenvalue weighted by molar-refractivity contribution is -0.384. The van der Waals surface area contributed by atoms with Gasteiger partial charge in [-0.3, -0.25) is 19.5 Å². The number of nitrogens with one attached hydrogen (secondary N) is 1. The summed E-state index contributed by atoms with van der Waals surface area (Å²) >= 11 is 0. The standard InChI is InChI=1S/C14H10F6N4O3/c1-2-23-11(25)6-10(14(18,19)20)22-12(23)21-8-4-3-7(13(15,16)17)5-9(8)24(26)27/h3-6H,2H2,1H3,(H,21,22). The molecule has 13 heteroatoms. The van der Waals surface area contributed by atoms with E-state index in [2.05, 4.69) is 10.3 Å². The summed E-state index contributed by atoms with van der Waals surface area (Å²) in [7, 11) is 0. The number of nitro benzene ring substituents is 1. The largest absolute Gasteiger partial charge is 0.433 e. The molecule has 1 N–H and O–H groups in total. The van der Waals surface area contributed by atoms with Crippen molar-refractivity contribution in [1.82, 2.24) is 9.55 Å². The number of hydrogen-bond donors (Lipinski definition) is 1. The molecule has 0 unspecified atom stereocenters. The Morgan fingerprint density at radius 3 is 2.26 bits per heavy atom. The van der Waals surface area contributed by atoms with Gasteiger partial charge in [0, 0.05) is 18.7 Å². The molecule has 1 aromatic heterocycles. The molecule has 0 fully saturated rings. The van der Waals surface area contributed by atoms with Crippen molar-refractivity contribution in [2.45, 2.75) is 25.8 Å². The summed E-state index contributed by atoms with van der Waals surface area (Å²) in [6.07, 6.45) is -9.82. The minimum Gasteiger partial charge on any atom is -0.320 e. The molecule has 1 aromatic carbocycles. The van der Waals surface area contributed by atoms with E-state index in [1.54, 1.807) is 0 Å². The molecule has 27 heavy (non-hydrogen) atoms. The van der Waals surface area contributed by atoms with Crippen molar-refractivity contribution in [2.75, 3.05) is 5.32 Å². The Labute approximate surface area is 146 Å². The molecule has 0 spiro atoms. The molecule has 7 nitrogen and oxygen atoms in total. The van der Waals surface area contributed by atoms with Gasteiger partial charge in [-0.2, -0.15) is 26.3 Å². The van der Waals surface area contributed by atoms with Gasteiger partial charge in [0.1, 0.15) is 5.69 Å². The van der Waals surface area contributed by atoms with Gasteiger partial charge in [0.15, 0.2) is 5.69 Å². The minimum absolute atomic E-state index is 0.138. The zero-order chi connectivity index (χ0) is 20.6. The number of hydrogen-bond acceptors (Lipinski definition) is 5. The van der Waals surface area contributed by atoms with Crippen LogP contribution in [0.25, 0.3) is 0 Å². The number of aromatic nitrogens is 2. The van der Waals surface area contributed by atoms with E-state index < -0.39 is 51.4 Å². The topological polar surface area (TPSA) is 90.1 Å². The van der Waals surface area contributed by atoms with E-state index in [9.17, 15) is 41.3 Å². The van der Waals surface area contributed by atoms with Crippen molar-refractivity contribution >= 4 is 17.3 Å². The van der Waals surface area contributed by atoms with Crippen LogP contribution in [0.3, 0.4) is 0 Å². The highest BCUT2D eigenvalue weighted by atomic mass is 19.4. The molecule has 0 radical (unpaired) electrons. The molecule has 0 amide bonds. The van der Waals surface area contributed by atoms with E-state index in [0.717, 1.165) is 4.57 Å². The van der Waals surface area contributed by atoms with Gasteiger partial charge in [0.2, 0.25) is 5.95 Å². The van der Waals surface area contributed by atoms with Crippen LogP contribution in [0.2, 0.25) is 0 Å². The van der Waals surface area contributed by atoms with Crippen LogP contribution < -0.4 is 10.9 Å². The van der Waals surface area contributed by atoms with Crippen LogP contribution in [-0.2, 0) is 18.9 Å². The first-order valence-corrected chi connectivity index (χ1v) is 7.16. The molecule has 0 aliphatic rings. The van der Waals surface area contributed by atoms with Gasteiger partial charge in [0.25, 0.3) is 11.2 Å². The summed E-state index contributed by atoms with van der Waals surface area (Å²) < 4.78 is 77.4. The second-order valence-electron chi connectivity index (χ2n) is 5.16. The first-order chi connectivity index (χ1) is 12.3. The molecule has 0 aliphatic heterocycles. The second-order valence-corrected chi connectivity index (χ2v) is 5.16. The highest BCUT2D eigenvalue weighted by molar-refractivity contribution is 5.67. The molecule has 0 aliphatic carbocycles. The van der Waals surface area contributed by atoms with Gasteiger partial charge in [0.05, 0.1) is 10.5 Å². The maximum absolute atomic E-state index is 12.8. The average Bonchev–Trinajstić information content (AvgIpc) is 2.52. The molecule has 0 saturated carbocycles. The predicted molar refractivity (Wildman–Crippen MR) is 80.6 cm³/mol. The molecular weight excluding hydrogens is 386 g/mol. The zero-order valence-electron chi connectivity index (χ0n) is 13.4. The van der Waals surface area contributed by atoms with E-state index >= 15 is 0 Å². The third-order valence-corrected chi connectivity index (χ3v) is 3.38. The van der Waals surface area contributed by atoms with E-state index in [0.29, 0.717) is 12.1 Å². The first-order valence-electron chi connectivity index (χ1n) is 7.16. The van der Waals surface area contributed by atoms with Crippen LogP contribution in [0.5, 0.6) is 0 Å². The third kappa shape index (κ3) is 4.35. The number of benzene rings is 1. The van der Waals surface area contributed by atoms with Crippen molar-refractivity contribution in [3.8, 4) is 0 Å². The monoisotopic (exact) mass is 396 g/mol. The quantitative estimate of drug-likeness (QED) is 0.480. The molecule has 2 aromatic rings. The number of rotatable bonds is 4. The molecular formula is C14H10F6N4O3. The van der Waals surface area contributed by atoms with Crippen molar-refractivity contribution in [1.29, 1.82) is 0 Å². The second kappa shape index (κ2) is 6.89. The van der Waals surface area contributed by atoms with Crippen molar-refractivity contribution in [3.63, 3.8) is 0 Å².